The molecule has 2 aromatic rings. The summed E-state index contributed by atoms with van der Waals surface area (Å²) in [6, 6.07) is 4.71. The Balaban J connectivity index is 2.01. The molecule has 4 nitrogen and oxygen atoms in total. The molecule has 0 aliphatic rings. The van der Waals surface area contributed by atoms with Gasteiger partial charge in [0.15, 0.2) is 5.89 Å². The van der Waals surface area contributed by atoms with Crippen molar-refractivity contribution in [3.8, 4) is 0 Å². The number of benzene rings is 1. The number of rotatable bonds is 3. The zero-order chi connectivity index (χ0) is 13.1. The van der Waals surface area contributed by atoms with Crippen LogP contribution >= 0.6 is 23.2 Å². The Morgan fingerprint density at radius 3 is 2.78 bits per heavy atom. The summed E-state index contributed by atoms with van der Waals surface area (Å²) >= 11 is 11.6. The molecular weight excluding hydrogens is 275 g/mol. The van der Waals surface area contributed by atoms with Gasteiger partial charge in [-0.3, -0.25) is 4.79 Å². The number of aromatic nitrogens is 1. The third kappa shape index (κ3) is 3.03. The largest absolute Gasteiger partial charge is 0.449 e. The molecule has 1 aromatic carbocycles. The van der Waals surface area contributed by atoms with E-state index in [-0.39, 0.29) is 5.91 Å². The number of carbonyl (C=O) groups is 1. The maximum absolute atomic E-state index is 11.8. The molecule has 94 valence electrons. The van der Waals surface area contributed by atoms with Crippen LogP contribution in [0.2, 0.25) is 10.0 Å². The van der Waals surface area contributed by atoms with Crippen LogP contribution in [-0.4, -0.2) is 10.9 Å². The fourth-order valence-corrected chi connectivity index (χ4v) is 1.70. The van der Waals surface area contributed by atoms with Crippen LogP contribution in [0, 0.1) is 6.92 Å². The lowest BCUT2D eigenvalue weighted by Gasteiger charge is -2.04. The van der Waals surface area contributed by atoms with Crippen LogP contribution in [0.4, 0.5) is 0 Å². The van der Waals surface area contributed by atoms with Gasteiger partial charge in [-0.2, -0.15) is 0 Å². The van der Waals surface area contributed by atoms with Crippen molar-refractivity contribution in [1.29, 1.82) is 0 Å². The molecule has 0 spiro atoms. The van der Waals surface area contributed by atoms with Crippen molar-refractivity contribution in [2.75, 3.05) is 0 Å². The summed E-state index contributed by atoms with van der Waals surface area (Å²) in [4.78, 5) is 15.9. The quantitative estimate of drug-likeness (QED) is 0.942. The Hall–Kier alpha value is -1.52. The van der Waals surface area contributed by atoms with E-state index in [0.29, 0.717) is 33.7 Å². The van der Waals surface area contributed by atoms with Gasteiger partial charge in [0.25, 0.3) is 5.91 Å². The van der Waals surface area contributed by atoms with Crippen molar-refractivity contribution >= 4 is 29.1 Å². The molecule has 0 fully saturated rings. The minimum Gasteiger partial charge on any atom is -0.449 e. The molecule has 18 heavy (non-hydrogen) atoms. The van der Waals surface area contributed by atoms with Gasteiger partial charge in [0, 0.05) is 12.5 Å². The van der Waals surface area contributed by atoms with Gasteiger partial charge in [-0.05, 0) is 18.2 Å². The number of nitrogens with zero attached hydrogens (tertiary/aromatic N) is 1. The van der Waals surface area contributed by atoms with Crippen molar-refractivity contribution in [2.24, 2.45) is 0 Å². The molecule has 1 amide bonds. The number of halogens is 2. The van der Waals surface area contributed by atoms with Crippen molar-refractivity contribution < 1.29 is 9.21 Å². The van der Waals surface area contributed by atoms with Gasteiger partial charge < -0.3 is 9.73 Å². The highest BCUT2D eigenvalue weighted by Crippen LogP contribution is 2.22. The van der Waals surface area contributed by atoms with Crippen molar-refractivity contribution in [3.05, 3.63) is 51.7 Å². The van der Waals surface area contributed by atoms with Crippen LogP contribution in [0.1, 0.15) is 21.9 Å². The molecule has 0 bridgehead atoms. The number of amides is 1. The summed E-state index contributed by atoms with van der Waals surface area (Å²) < 4.78 is 5.04. The summed E-state index contributed by atoms with van der Waals surface area (Å²) in [5.41, 5.74) is 1.12. The van der Waals surface area contributed by atoms with Crippen LogP contribution in [0.5, 0.6) is 0 Å². The Bertz CT molecular complexity index is 581. The van der Waals surface area contributed by atoms with E-state index in [4.69, 9.17) is 27.6 Å². The number of aryl methyl sites for hydroxylation is 1. The van der Waals surface area contributed by atoms with E-state index in [0.717, 1.165) is 0 Å². The predicted molar refractivity (Wildman–Crippen MR) is 68.9 cm³/mol. The third-order valence-electron chi connectivity index (χ3n) is 2.28. The summed E-state index contributed by atoms with van der Waals surface area (Å²) in [5.74, 6) is 0.322. The highest BCUT2D eigenvalue weighted by Gasteiger charge is 2.08. The molecule has 0 aliphatic heterocycles. The number of nitrogens with one attached hydrogen (secondary N) is 1. The minimum absolute atomic E-state index is 0.241. The molecule has 0 saturated carbocycles. The fourth-order valence-electron chi connectivity index (χ4n) is 1.40. The molecule has 2 rings (SSSR count). The van der Waals surface area contributed by atoms with Gasteiger partial charge in [-0.25, -0.2) is 4.98 Å². The molecule has 0 unspecified atom stereocenters. The van der Waals surface area contributed by atoms with E-state index >= 15 is 0 Å². The first-order valence-corrected chi connectivity index (χ1v) is 5.96. The average Bonchev–Trinajstić information content (AvgIpc) is 2.75. The summed E-state index contributed by atoms with van der Waals surface area (Å²) in [7, 11) is 0. The van der Waals surface area contributed by atoms with E-state index < -0.39 is 0 Å². The van der Waals surface area contributed by atoms with Gasteiger partial charge in [0.1, 0.15) is 6.26 Å². The number of carbonyl (C=O) groups excluding carboxylic acids is 1. The van der Waals surface area contributed by atoms with Crippen LogP contribution in [0.3, 0.4) is 0 Å². The summed E-state index contributed by atoms with van der Waals surface area (Å²) in [6.07, 6.45) is 1.50. The van der Waals surface area contributed by atoms with Gasteiger partial charge in [-0.1, -0.05) is 23.2 Å². The lowest BCUT2D eigenvalue weighted by atomic mass is 10.2. The third-order valence-corrected chi connectivity index (χ3v) is 3.02. The Kier molecular flexibility index (Phi) is 3.89. The van der Waals surface area contributed by atoms with Crippen LogP contribution in [-0.2, 0) is 6.54 Å². The highest BCUT2D eigenvalue weighted by molar-refractivity contribution is 6.42. The Morgan fingerprint density at radius 1 is 1.39 bits per heavy atom. The zero-order valence-corrected chi connectivity index (χ0v) is 11.0. The lowest BCUT2D eigenvalue weighted by Crippen LogP contribution is -2.22. The van der Waals surface area contributed by atoms with E-state index in [2.05, 4.69) is 10.3 Å². The SMILES string of the molecule is Cc1nc(CNC(=O)c2ccc(Cl)c(Cl)c2)co1. The Labute approximate surface area is 114 Å². The summed E-state index contributed by atoms with van der Waals surface area (Å²) in [5, 5.41) is 3.48. The maximum Gasteiger partial charge on any atom is 0.251 e. The van der Waals surface area contributed by atoms with E-state index in [1.807, 2.05) is 0 Å². The summed E-state index contributed by atoms with van der Waals surface area (Å²) in [6.45, 7) is 2.04. The molecular formula is C12H10Cl2N2O2. The van der Waals surface area contributed by atoms with Crippen LogP contribution < -0.4 is 5.32 Å². The molecule has 1 N–H and O–H groups in total. The zero-order valence-electron chi connectivity index (χ0n) is 9.54. The monoisotopic (exact) mass is 284 g/mol. The molecule has 0 atom stereocenters. The van der Waals surface area contributed by atoms with Gasteiger partial charge in [0.05, 0.1) is 22.3 Å². The molecule has 6 heteroatoms. The number of oxazole rings is 1. The highest BCUT2D eigenvalue weighted by atomic mass is 35.5. The first-order chi connectivity index (χ1) is 8.56. The van der Waals surface area contributed by atoms with Crippen LogP contribution in [0.15, 0.2) is 28.9 Å². The minimum atomic E-state index is -0.241. The standard InChI is InChI=1S/C12H10Cl2N2O2/c1-7-16-9(6-18-7)5-15-12(17)8-2-3-10(13)11(14)4-8/h2-4,6H,5H2,1H3,(H,15,17). The normalized spacial score (nSPS) is 10.4. The second kappa shape index (κ2) is 5.42. The first-order valence-electron chi connectivity index (χ1n) is 5.20. The van der Waals surface area contributed by atoms with Gasteiger partial charge >= 0.3 is 0 Å². The molecule has 0 radical (unpaired) electrons. The topological polar surface area (TPSA) is 55.1 Å². The van der Waals surface area contributed by atoms with Crippen molar-refractivity contribution in [3.63, 3.8) is 0 Å². The Morgan fingerprint density at radius 2 is 2.17 bits per heavy atom. The smallest absolute Gasteiger partial charge is 0.251 e. The van der Waals surface area contributed by atoms with Gasteiger partial charge in [-0.15, -0.1) is 0 Å². The van der Waals surface area contributed by atoms with E-state index in [1.165, 1.54) is 12.3 Å². The maximum atomic E-state index is 11.8. The van der Waals surface area contributed by atoms with Crippen molar-refractivity contribution in [2.45, 2.75) is 13.5 Å². The van der Waals surface area contributed by atoms with E-state index in [1.54, 1.807) is 19.1 Å². The number of hydrogen-bond donors (Lipinski definition) is 1. The molecule has 0 aliphatic carbocycles. The predicted octanol–water partition coefficient (Wildman–Crippen LogP) is 3.22. The average molecular weight is 285 g/mol. The second-order valence-corrected chi connectivity index (χ2v) is 4.48. The number of hydrogen-bond acceptors (Lipinski definition) is 3. The molecule has 1 heterocycles. The fraction of sp³-hybridized carbons (Fsp3) is 0.167. The second-order valence-electron chi connectivity index (χ2n) is 3.67. The van der Waals surface area contributed by atoms with E-state index in [9.17, 15) is 4.79 Å². The molecule has 1 aromatic heterocycles. The first kappa shape index (κ1) is 12.9. The lowest BCUT2D eigenvalue weighted by molar-refractivity contribution is 0.0950. The van der Waals surface area contributed by atoms with Gasteiger partial charge in [0.2, 0.25) is 0 Å². The van der Waals surface area contributed by atoms with Crippen molar-refractivity contribution in [1.82, 2.24) is 10.3 Å². The molecule has 0 saturated heterocycles. The van der Waals surface area contributed by atoms with Crippen LogP contribution in [0.25, 0.3) is 0 Å².